The minimum absolute atomic E-state index is 0.328. The zero-order valence-electron chi connectivity index (χ0n) is 17.6. The summed E-state index contributed by atoms with van der Waals surface area (Å²) >= 11 is 0. The average Bonchev–Trinajstić information content (AvgIpc) is 3.46. The van der Waals surface area contributed by atoms with Crippen LogP contribution in [0.5, 0.6) is 0 Å². The van der Waals surface area contributed by atoms with Gasteiger partial charge in [0.2, 0.25) is 10.0 Å². The highest BCUT2D eigenvalue weighted by Crippen LogP contribution is 2.39. The molecule has 0 saturated carbocycles. The van der Waals surface area contributed by atoms with Gasteiger partial charge in [-0.05, 0) is 42.2 Å². The molecule has 3 aromatic rings. The summed E-state index contributed by atoms with van der Waals surface area (Å²) in [5.74, 6) is 0. The van der Waals surface area contributed by atoms with Gasteiger partial charge < -0.3 is 5.32 Å². The molecule has 4 rings (SSSR count). The van der Waals surface area contributed by atoms with Gasteiger partial charge in [0.15, 0.2) is 0 Å². The molecule has 0 amide bonds. The third-order valence-corrected chi connectivity index (χ3v) is 7.92. The molecule has 1 aromatic heterocycles. The molecule has 158 valence electrons. The summed E-state index contributed by atoms with van der Waals surface area (Å²) in [4.78, 5) is 0.345. The number of rotatable bonds is 6. The molecule has 1 aliphatic heterocycles. The van der Waals surface area contributed by atoms with Crippen LogP contribution in [0.25, 0.3) is 11.1 Å². The van der Waals surface area contributed by atoms with E-state index >= 15 is 0 Å². The van der Waals surface area contributed by atoms with E-state index in [-0.39, 0.29) is 5.41 Å². The number of aromatic amines is 1. The predicted molar refractivity (Wildman–Crippen MR) is 120 cm³/mol. The molecule has 6 nitrogen and oxygen atoms in total. The average molecular weight is 425 g/mol. The molecule has 0 atom stereocenters. The lowest BCUT2D eigenvalue weighted by atomic mass is 9.78. The van der Waals surface area contributed by atoms with Gasteiger partial charge in [-0.25, -0.2) is 8.42 Å². The second-order valence-corrected chi connectivity index (χ2v) is 10.2. The van der Waals surface area contributed by atoms with Crippen LogP contribution < -0.4 is 5.32 Å². The van der Waals surface area contributed by atoms with Gasteiger partial charge in [-0.3, -0.25) is 5.10 Å². The Kier molecular flexibility index (Phi) is 5.42. The van der Waals surface area contributed by atoms with Gasteiger partial charge in [-0.15, -0.1) is 0 Å². The molecule has 1 aliphatic rings. The second-order valence-electron chi connectivity index (χ2n) is 8.21. The van der Waals surface area contributed by atoms with Crippen molar-refractivity contribution >= 4 is 15.7 Å². The highest BCUT2D eigenvalue weighted by Gasteiger charge is 2.31. The van der Waals surface area contributed by atoms with E-state index in [4.69, 9.17) is 0 Å². The lowest BCUT2D eigenvalue weighted by Crippen LogP contribution is -2.27. The summed E-state index contributed by atoms with van der Waals surface area (Å²) in [6.45, 7) is 5.53. The molecule has 2 heterocycles. The molecule has 30 heavy (non-hydrogen) atoms. The van der Waals surface area contributed by atoms with Crippen LogP contribution in [0.1, 0.15) is 37.9 Å². The van der Waals surface area contributed by atoms with E-state index in [2.05, 4.69) is 41.5 Å². The van der Waals surface area contributed by atoms with Crippen LogP contribution in [-0.2, 0) is 15.4 Å². The molecule has 0 spiro atoms. The number of nitrogens with zero attached hydrogens (tertiary/aromatic N) is 2. The molecular formula is C23H28N4O2S. The smallest absolute Gasteiger partial charge is 0.243 e. The van der Waals surface area contributed by atoms with E-state index in [1.54, 1.807) is 16.4 Å². The van der Waals surface area contributed by atoms with Crippen LogP contribution in [0.2, 0.25) is 0 Å². The zero-order chi connectivity index (χ0) is 21.4. The summed E-state index contributed by atoms with van der Waals surface area (Å²) in [6.07, 6.45) is 3.67. The van der Waals surface area contributed by atoms with Crippen molar-refractivity contribution in [1.29, 1.82) is 0 Å². The molecule has 2 aromatic carbocycles. The molecule has 7 heteroatoms. The highest BCUT2D eigenvalue weighted by atomic mass is 32.2. The van der Waals surface area contributed by atoms with Crippen molar-refractivity contribution in [3.63, 3.8) is 0 Å². The molecule has 2 N–H and O–H groups in total. The number of sulfonamides is 1. The van der Waals surface area contributed by atoms with Crippen molar-refractivity contribution in [2.45, 2.75) is 37.0 Å². The van der Waals surface area contributed by atoms with Crippen molar-refractivity contribution in [2.75, 3.05) is 25.5 Å². The quantitative estimate of drug-likeness (QED) is 0.621. The lowest BCUT2D eigenvalue weighted by molar-refractivity contribution is 0.477. The number of nitrogens with one attached hydrogen (secondary N) is 2. The molecule has 1 fully saturated rings. The van der Waals surface area contributed by atoms with Crippen LogP contribution in [0.4, 0.5) is 5.69 Å². The van der Waals surface area contributed by atoms with E-state index in [1.165, 1.54) is 0 Å². The van der Waals surface area contributed by atoms with Crippen LogP contribution in [0.15, 0.2) is 59.6 Å². The Hall–Kier alpha value is -2.64. The van der Waals surface area contributed by atoms with Crippen LogP contribution in [0, 0.1) is 0 Å². The topological polar surface area (TPSA) is 78.1 Å². The summed E-state index contributed by atoms with van der Waals surface area (Å²) in [7, 11) is -1.49. The fourth-order valence-electron chi connectivity index (χ4n) is 4.25. The summed E-state index contributed by atoms with van der Waals surface area (Å²) in [5, 5.41) is 10.8. The third kappa shape index (κ3) is 3.52. The molecule has 0 aliphatic carbocycles. The zero-order valence-corrected chi connectivity index (χ0v) is 18.5. The predicted octanol–water partition coefficient (Wildman–Crippen LogP) is 4.23. The van der Waals surface area contributed by atoms with E-state index in [1.807, 2.05) is 37.5 Å². The van der Waals surface area contributed by atoms with Crippen LogP contribution >= 0.6 is 0 Å². The van der Waals surface area contributed by atoms with Crippen molar-refractivity contribution in [2.24, 2.45) is 0 Å². The number of benzene rings is 2. The molecule has 1 saturated heterocycles. The largest absolute Gasteiger partial charge is 0.388 e. The molecular weight excluding hydrogens is 396 g/mol. The Labute approximate surface area is 178 Å². The number of aromatic nitrogens is 2. The maximum absolute atomic E-state index is 12.8. The molecule has 0 unspecified atom stereocenters. The minimum Gasteiger partial charge on any atom is -0.388 e. The fraction of sp³-hybridized carbons (Fsp3) is 0.348. The SMILES string of the molecule is CNc1ccccc1C(C)(C)c1[nH]ncc1-c1ccc(S(=O)(=O)N2CCCC2)cc1. The fourth-order valence-corrected chi connectivity index (χ4v) is 5.76. The number of hydrogen-bond acceptors (Lipinski definition) is 4. The number of hydrogen-bond donors (Lipinski definition) is 2. The first-order chi connectivity index (χ1) is 14.4. The van der Waals surface area contributed by atoms with Crippen molar-refractivity contribution in [3.05, 3.63) is 66.0 Å². The van der Waals surface area contributed by atoms with Crippen LogP contribution in [0.3, 0.4) is 0 Å². The van der Waals surface area contributed by atoms with E-state index in [0.29, 0.717) is 18.0 Å². The van der Waals surface area contributed by atoms with Gasteiger partial charge >= 0.3 is 0 Å². The minimum atomic E-state index is -3.41. The first kappa shape index (κ1) is 20.6. The Morgan fingerprint density at radius 2 is 1.70 bits per heavy atom. The number of anilines is 1. The Bertz CT molecular complexity index is 1130. The van der Waals surface area contributed by atoms with E-state index < -0.39 is 10.0 Å². The maximum Gasteiger partial charge on any atom is 0.243 e. The second kappa shape index (κ2) is 7.89. The Morgan fingerprint density at radius 1 is 1.03 bits per heavy atom. The van der Waals surface area contributed by atoms with Gasteiger partial charge in [-0.2, -0.15) is 9.40 Å². The van der Waals surface area contributed by atoms with Gasteiger partial charge in [0.05, 0.1) is 16.8 Å². The lowest BCUT2D eigenvalue weighted by Gasteiger charge is -2.28. The van der Waals surface area contributed by atoms with E-state index in [9.17, 15) is 8.42 Å². The summed E-state index contributed by atoms with van der Waals surface area (Å²) in [5.41, 5.74) is 4.79. The number of para-hydroxylation sites is 1. The summed E-state index contributed by atoms with van der Waals surface area (Å²) < 4.78 is 27.2. The summed E-state index contributed by atoms with van der Waals surface area (Å²) in [6, 6.07) is 15.4. The van der Waals surface area contributed by atoms with Crippen LogP contribution in [-0.4, -0.2) is 43.1 Å². The van der Waals surface area contributed by atoms with E-state index in [0.717, 1.165) is 40.9 Å². The van der Waals surface area contributed by atoms with Crippen molar-refractivity contribution in [3.8, 4) is 11.1 Å². The number of H-pyrrole nitrogens is 1. The monoisotopic (exact) mass is 424 g/mol. The first-order valence-corrected chi connectivity index (χ1v) is 11.7. The third-order valence-electron chi connectivity index (χ3n) is 6.00. The highest BCUT2D eigenvalue weighted by molar-refractivity contribution is 7.89. The van der Waals surface area contributed by atoms with Gasteiger partial charge in [-0.1, -0.05) is 44.2 Å². The van der Waals surface area contributed by atoms with Crippen molar-refractivity contribution in [1.82, 2.24) is 14.5 Å². The maximum atomic E-state index is 12.8. The van der Waals surface area contributed by atoms with Gasteiger partial charge in [0, 0.05) is 36.8 Å². The Balaban J connectivity index is 1.70. The van der Waals surface area contributed by atoms with Crippen molar-refractivity contribution < 1.29 is 8.42 Å². The molecule has 0 bridgehead atoms. The Morgan fingerprint density at radius 3 is 2.37 bits per heavy atom. The molecule has 0 radical (unpaired) electrons. The normalized spacial score (nSPS) is 15.4. The van der Waals surface area contributed by atoms with Gasteiger partial charge in [0.25, 0.3) is 0 Å². The first-order valence-electron chi connectivity index (χ1n) is 10.3. The van der Waals surface area contributed by atoms with Gasteiger partial charge in [0.1, 0.15) is 0 Å². The standard InChI is InChI=1S/C23H28N4O2S/c1-23(2,20-8-4-5-9-21(20)24-3)22-19(16-25-26-22)17-10-12-18(13-11-17)30(28,29)27-14-6-7-15-27/h4-5,8-13,16,24H,6-7,14-15H2,1-3H3,(H,25,26).